The zero-order valence-electron chi connectivity index (χ0n) is 11.2. The first-order valence-corrected chi connectivity index (χ1v) is 7.37. The van der Waals surface area contributed by atoms with E-state index in [2.05, 4.69) is 19.2 Å². The largest absolute Gasteiger partial charge is 0.437 e. The molecule has 7 nitrogen and oxygen atoms in total. The van der Waals surface area contributed by atoms with Gasteiger partial charge in [0.05, 0.1) is 17.5 Å². The molecule has 0 fully saturated rings. The molecule has 0 aromatic carbocycles. The van der Waals surface area contributed by atoms with E-state index in [-0.39, 0.29) is 0 Å². The summed E-state index contributed by atoms with van der Waals surface area (Å²) in [4.78, 5) is 3.32. The van der Waals surface area contributed by atoms with Crippen molar-refractivity contribution in [3.63, 3.8) is 0 Å². The van der Waals surface area contributed by atoms with Crippen LogP contribution in [0.2, 0.25) is 0 Å². The Bertz CT molecular complexity index is 782. The van der Waals surface area contributed by atoms with E-state index in [0.717, 1.165) is 19.5 Å². The number of alkyl halides is 5. The fraction of sp³-hybridized carbons (Fsp3) is 0.400. The molecule has 0 amide bonds. The first-order valence-electron chi connectivity index (χ1n) is 5.72. The lowest BCUT2D eigenvalue weighted by molar-refractivity contribution is -0.142. The lowest BCUT2D eigenvalue weighted by Gasteiger charge is -2.09. The number of oxazole rings is 1. The van der Waals surface area contributed by atoms with Crippen molar-refractivity contribution in [2.45, 2.75) is 23.8 Å². The van der Waals surface area contributed by atoms with Gasteiger partial charge in [-0.25, -0.2) is 18.1 Å². The van der Waals surface area contributed by atoms with Crippen molar-refractivity contribution in [2.24, 2.45) is 7.05 Å². The average Bonchev–Trinajstić information content (AvgIpc) is 3.00. The van der Waals surface area contributed by atoms with Crippen molar-refractivity contribution >= 4 is 9.84 Å². The summed E-state index contributed by atoms with van der Waals surface area (Å²) < 4.78 is 96.4. The summed E-state index contributed by atoms with van der Waals surface area (Å²) >= 11 is 0. The number of ether oxygens (including phenoxy) is 1. The molecule has 0 aliphatic heterocycles. The van der Waals surface area contributed by atoms with Crippen LogP contribution in [0.15, 0.2) is 22.1 Å². The summed E-state index contributed by atoms with van der Waals surface area (Å²) in [6.45, 7) is -3.46. The molecule has 2 rings (SSSR count). The number of hydrogen-bond acceptors (Lipinski definition) is 6. The second-order valence-electron chi connectivity index (χ2n) is 4.19. The highest BCUT2D eigenvalue weighted by molar-refractivity contribution is 7.90. The Balaban J connectivity index is 2.55. The lowest BCUT2D eigenvalue weighted by Crippen LogP contribution is -2.14. The Morgan fingerprint density at radius 3 is 2.52 bits per heavy atom. The molecule has 13 heteroatoms. The Morgan fingerprint density at radius 1 is 1.39 bits per heavy atom. The second-order valence-corrected chi connectivity index (χ2v) is 6.06. The van der Waals surface area contributed by atoms with Gasteiger partial charge in [0, 0.05) is 7.05 Å². The molecular formula is C10H8F5N3O4S. The third-order valence-corrected chi connectivity index (χ3v) is 3.97. The van der Waals surface area contributed by atoms with E-state index in [0.29, 0.717) is 4.68 Å². The highest BCUT2D eigenvalue weighted by Crippen LogP contribution is 2.37. The van der Waals surface area contributed by atoms with Crippen LogP contribution >= 0.6 is 0 Å². The fourth-order valence-electron chi connectivity index (χ4n) is 1.76. The number of rotatable bonds is 5. The van der Waals surface area contributed by atoms with Gasteiger partial charge in [0.25, 0.3) is 0 Å². The standard InChI is InChI=1S/C10H8F5N3O4S/c1-18-7(22-8(11)12)5(6(17-18)10(13,14)15)4-23(19,20)9-16-2-3-21-9/h2-3,8H,4H2,1H3. The van der Waals surface area contributed by atoms with Gasteiger partial charge in [-0.3, -0.25) is 0 Å². The van der Waals surface area contributed by atoms with E-state index in [1.807, 2.05) is 0 Å². The van der Waals surface area contributed by atoms with Crippen LogP contribution in [0, 0.1) is 0 Å². The monoisotopic (exact) mass is 361 g/mol. The van der Waals surface area contributed by atoms with Gasteiger partial charge < -0.3 is 9.15 Å². The van der Waals surface area contributed by atoms with Crippen molar-refractivity contribution in [1.29, 1.82) is 0 Å². The first kappa shape index (κ1) is 17.2. The van der Waals surface area contributed by atoms with Crippen molar-refractivity contribution in [3.05, 3.63) is 23.7 Å². The molecule has 2 heterocycles. The number of sulfone groups is 1. The molecule has 0 N–H and O–H groups in total. The van der Waals surface area contributed by atoms with Crippen LogP contribution in [0.4, 0.5) is 22.0 Å². The van der Waals surface area contributed by atoms with Crippen LogP contribution < -0.4 is 4.74 Å². The van der Waals surface area contributed by atoms with Gasteiger partial charge in [0.2, 0.25) is 15.7 Å². The summed E-state index contributed by atoms with van der Waals surface area (Å²) in [5.41, 5.74) is -2.70. The maximum absolute atomic E-state index is 12.9. The van der Waals surface area contributed by atoms with Crippen LogP contribution in [-0.4, -0.2) is 29.8 Å². The fourth-order valence-corrected chi connectivity index (χ4v) is 2.95. The predicted molar refractivity (Wildman–Crippen MR) is 62.2 cm³/mol. The quantitative estimate of drug-likeness (QED) is 0.757. The summed E-state index contributed by atoms with van der Waals surface area (Å²) in [7, 11) is -3.54. The number of aryl methyl sites for hydroxylation is 1. The Hall–Kier alpha value is -2.18. The minimum absolute atomic E-state index is 0.384. The van der Waals surface area contributed by atoms with Crippen molar-refractivity contribution in [3.8, 4) is 5.88 Å². The van der Waals surface area contributed by atoms with Gasteiger partial charge in [-0.2, -0.15) is 27.1 Å². The molecule has 0 saturated heterocycles. The van der Waals surface area contributed by atoms with Crippen molar-refractivity contribution in [2.75, 3.05) is 0 Å². The molecular weight excluding hydrogens is 353 g/mol. The summed E-state index contributed by atoms with van der Waals surface area (Å²) in [6, 6.07) is 0. The minimum Gasteiger partial charge on any atom is -0.437 e. The van der Waals surface area contributed by atoms with E-state index in [9.17, 15) is 30.4 Å². The molecule has 128 valence electrons. The van der Waals surface area contributed by atoms with E-state index in [1.54, 1.807) is 0 Å². The number of nitrogens with zero attached hydrogens (tertiary/aromatic N) is 3. The Kier molecular flexibility index (Phi) is 4.32. The van der Waals surface area contributed by atoms with E-state index in [4.69, 9.17) is 0 Å². The smallest absolute Gasteiger partial charge is 0.435 e. The molecule has 2 aromatic rings. The SMILES string of the molecule is Cn1nc(C(F)(F)F)c(CS(=O)(=O)c2ncco2)c1OC(F)F. The minimum atomic E-state index is -5.07. The highest BCUT2D eigenvalue weighted by Gasteiger charge is 2.42. The maximum atomic E-state index is 12.9. The zero-order valence-corrected chi connectivity index (χ0v) is 12.0. The maximum Gasteiger partial charge on any atom is 0.435 e. The molecule has 2 aromatic heterocycles. The predicted octanol–water partition coefficient (Wildman–Crippen LogP) is 2.00. The topological polar surface area (TPSA) is 87.2 Å². The van der Waals surface area contributed by atoms with Crippen LogP contribution in [0.5, 0.6) is 5.88 Å². The number of aromatic nitrogens is 3. The highest BCUT2D eigenvalue weighted by atomic mass is 32.2. The van der Waals surface area contributed by atoms with Crippen molar-refractivity contribution in [1.82, 2.24) is 14.8 Å². The normalized spacial score (nSPS) is 12.8. The molecule has 0 atom stereocenters. The molecule has 0 unspecified atom stereocenters. The molecule has 0 aliphatic rings. The molecule has 0 spiro atoms. The van der Waals surface area contributed by atoms with Gasteiger partial charge in [-0.05, 0) is 0 Å². The second kappa shape index (κ2) is 5.79. The van der Waals surface area contributed by atoms with Gasteiger partial charge in [0.1, 0.15) is 6.26 Å². The van der Waals surface area contributed by atoms with Crippen molar-refractivity contribution < 1.29 is 39.5 Å². The third kappa shape index (κ3) is 3.60. The molecule has 0 radical (unpaired) electrons. The van der Waals surface area contributed by atoms with Crippen LogP contribution in [-0.2, 0) is 28.8 Å². The van der Waals surface area contributed by atoms with E-state index >= 15 is 0 Å². The lowest BCUT2D eigenvalue weighted by atomic mass is 10.2. The summed E-state index contributed by atoms with van der Waals surface area (Å²) in [6.07, 6.45) is -3.20. The molecule has 0 aliphatic carbocycles. The van der Waals surface area contributed by atoms with E-state index in [1.165, 1.54) is 0 Å². The number of halogens is 5. The summed E-state index contributed by atoms with van der Waals surface area (Å²) in [5, 5.41) is 2.17. The first-order chi connectivity index (χ1) is 10.5. The summed E-state index contributed by atoms with van der Waals surface area (Å²) in [5.74, 6) is -2.33. The van der Waals surface area contributed by atoms with Gasteiger partial charge in [-0.1, -0.05) is 0 Å². The van der Waals surface area contributed by atoms with Gasteiger partial charge in [0.15, 0.2) is 5.69 Å². The van der Waals surface area contributed by atoms with Crippen LogP contribution in [0.1, 0.15) is 11.3 Å². The van der Waals surface area contributed by atoms with Gasteiger partial charge >= 0.3 is 18.0 Å². The zero-order chi connectivity index (χ0) is 17.4. The average molecular weight is 361 g/mol. The molecule has 23 heavy (non-hydrogen) atoms. The van der Waals surface area contributed by atoms with Gasteiger partial charge in [-0.15, -0.1) is 0 Å². The van der Waals surface area contributed by atoms with Crippen LogP contribution in [0.3, 0.4) is 0 Å². The molecule has 0 bridgehead atoms. The van der Waals surface area contributed by atoms with Crippen LogP contribution in [0.25, 0.3) is 0 Å². The third-order valence-electron chi connectivity index (χ3n) is 2.57. The Labute approximate surface area is 125 Å². The number of hydrogen-bond donors (Lipinski definition) is 0. The molecule has 0 saturated carbocycles. The van der Waals surface area contributed by atoms with E-state index < -0.39 is 50.7 Å². The Morgan fingerprint density at radius 2 is 2.04 bits per heavy atom.